The Hall–Kier alpha value is -0.880. The van der Waals surface area contributed by atoms with Gasteiger partial charge in [-0.25, -0.2) is 4.98 Å². The smallest absolute Gasteiger partial charge is 0.224 e. The quantitative estimate of drug-likeness (QED) is 0.721. The van der Waals surface area contributed by atoms with Gasteiger partial charge in [-0.3, -0.25) is 0 Å². The maximum absolute atomic E-state index is 8.86. The molecule has 0 aliphatic heterocycles. The number of hydrogen-bond donors (Lipinski definition) is 3. The highest BCUT2D eigenvalue weighted by Crippen LogP contribution is 2.21. The van der Waals surface area contributed by atoms with Crippen LogP contribution in [0.1, 0.15) is 26.7 Å². The van der Waals surface area contributed by atoms with E-state index in [9.17, 15) is 0 Å². The standard InChI is InChI=1S/C11H19BrN4O/c1-3-5-13-11-14-7-9(12)10(16-11)15-8(2)4-6-17/h7-8,17H,3-6H2,1-2H3,(H2,13,14,15,16). The second kappa shape index (κ2) is 7.45. The Bertz CT molecular complexity index is 348. The lowest BCUT2D eigenvalue weighted by molar-refractivity contribution is 0.282. The molecule has 17 heavy (non-hydrogen) atoms. The molecule has 1 aromatic heterocycles. The molecular weight excluding hydrogens is 284 g/mol. The monoisotopic (exact) mass is 302 g/mol. The maximum Gasteiger partial charge on any atom is 0.224 e. The molecule has 5 nitrogen and oxygen atoms in total. The summed E-state index contributed by atoms with van der Waals surface area (Å²) in [5.41, 5.74) is 0. The van der Waals surface area contributed by atoms with Crippen LogP contribution in [0.5, 0.6) is 0 Å². The average molecular weight is 303 g/mol. The predicted octanol–water partition coefficient (Wildman–Crippen LogP) is 2.24. The van der Waals surface area contributed by atoms with E-state index in [0.717, 1.165) is 23.3 Å². The van der Waals surface area contributed by atoms with E-state index in [2.05, 4.69) is 43.5 Å². The second-order valence-corrected chi connectivity index (χ2v) is 4.73. The van der Waals surface area contributed by atoms with Crippen molar-refractivity contribution in [3.05, 3.63) is 10.7 Å². The third-order valence-corrected chi connectivity index (χ3v) is 2.80. The molecule has 0 spiro atoms. The van der Waals surface area contributed by atoms with Crippen LogP contribution in [-0.4, -0.2) is 34.3 Å². The molecule has 0 saturated heterocycles. The molecule has 0 aliphatic carbocycles. The molecule has 0 radical (unpaired) electrons. The molecule has 0 aromatic carbocycles. The first-order valence-corrected chi connectivity index (χ1v) is 6.60. The van der Waals surface area contributed by atoms with Crippen molar-refractivity contribution in [2.45, 2.75) is 32.7 Å². The van der Waals surface area contributed by atoms with Gasteiger partial charge in [-0.2, -0.15) is 4.98 Å². The van der Waals surface area contributed by atoms with Crippen LogP contribution < -0.4 is 10.6 Å². The number of rotatable bonds is 7. The first kappa shape index (κ1) is 14.2. The first-order chi connectivity index (χ1) is 8.17. The highest BCUT2D eigenvalue weighted by Gasteiger charge is 2.08. The molecule has 1 unspecified atom stereocenters. The van der Waals surface area contributed by atoms with Crippen molar-refractivity contribution in [3.63, 3.8) is 0 Å². The van der Waals surface area contributed by atoms with Crippen LogP contribution in [0.4, 0.5) is 11.8 Å². The number of halogens is 1. The lowest BCUT2D eigenvalue weighted by Crippen LogP contribution is -2.18. The summed E-state index contributed by atoms with van der Waals surface area (Å²) in [5.74, 6) is 1.37. The second-order valence-electron chi connectivity index (χ2n) is 3.87. The van der Waals surface area contributed by atoms with E-state index in [1.54, 1.807) is 6.20 Å². The number of nitrogens with zero attached hydrogens (tertiary/aromatic N) is 2. The Labute approximate surface area is 110 Å². The normalized spacial score (nSPS) is 12.2. The van der Waals surface area contributed by atoms with Gasteiger partial charge in [0.2, 0.25) is 5.95 Å². The fraction of sp³-hybridized carbons (Fsp3) is 0.636. The Kier molecular flexibility index (Phi) is 6.21. The fourth-order valence-corrected chi connectivity index (χ4v) is 1.60. The van der Waals surface area contributed by atoms with Crippen molar-refractivity contribution < 1.29 is 5.11 Å². The summed E-state index contributed by atoms with van der Waals surface area (Å²) in [6.07, 6.45) is 3.44. The van der Waals surface area contributed by atoms with Gasteiger partial charge in [0.1, 0.15) is 5.82 Å². The number of hydrogen-bond acceptors (Lipinski definition) is 5. The highest BCUT2D eigenvalue weighted by molar-refractivity contribution is 9.10. The van der Waals surface area contributed by atoms with Crippen molar-refractivity contribution in [1.29, 1.82) is 0 Å². The minimum absolute atomic E-state index is 0.164. The molecule has 3 N–H and O–H groups in total. The Balaban J connectivity index is 2.68. The molecule has 0 saturated carbocycles. The summed E-state index contributed by atoms with van der Waals surface area (Å²) in [7, 11) is 0. The number of aliphatic hydroxyl groups excluding tert-OH is 1. The summed E-state index contributed by atoms with van der Waals surface area (Å²) in [6.45, 7) is 5.11. The van der Waals surface area contributed by atoms with E-state index in [1.165, 1.54) is 0 Å². The Morgan fingerprint density at radius 2 is 2.29 bits per heavy atom. The van der Waals surface area contributed by atoms with Gasteiger partial charge >= 0.3 is 0 Å². The predicted molar refractivity (Wildman–Crippen MR) is 73.3 cm³/mol. The summed E-state index contributed by atoms with van der Waals surface area (Å²) < 4.78 is 0.823. The van der Waals surface area contributed by atoms with Crippen LogP contribution >= 0.6 is 15.9 Å². The van der Waals surface area contributed by atoms with Crippen molar-refractivity contribution >= 4 is 27.7 Å². The lowest BCUT2D eigenvalue weighted by Gasteiger charge is -2.15. The molecular formula is C11H19BrN4O. The van der Waals surface area contributed by atoms with Gasteiger partial charge in [-0.05, 0) is 35.7 Å². The fourth-order valence-electron chi connectivity index (χ4n) is 1.29. The van der Waals surface area contributed by atoms with Crippen molar-refractivity contribution in [2.75, 3.05) is 23.8 Å². The molecule has 0 amide bonds. The summed E-state index contributed by atoms with van der Waals surface area (Å²) >= 11 is 3.40. The van der Waals surface area contributed by atoms with Gasteiger partial charge in [-0.1, -0.05) is 6.92 Å². The lowest BCUT2D eigenvalue weighted by atomic mass is 10.2. The van der Waals surface area contributed by atoms with Crippen LogP contribution in [0.3, 0.4) is 0 Å². The number of aromatic nitrogens is 2. The van der Waals surface area contributed by atoms with Crippen molar-refractivity contribution in [2.24, 2.45) is 0 Å². The summed E-state index contributed by atoms with van der Waals surface area (Å²) in [5, 5.41) is 15.2. The van der Waals surface area contributed by atoms with Crippen LogP contribution in [0.15, 0.2) is 10.7 Å². The van der Waals surface area contributed by atoms with Crippen molar-refractivity contribution in [3.8, 4) is 0 Å². The highest BCUT2D eigenvalue weighted by atomic mass is 79.9. The topological polar surface area (TPSA) is 70.1 Å². The molecule has 6 heteroatoms. The third-order valence-electron chi connectivity index (χ3n) is 2.22. The van der Waals surface area contributed by atoms with Crippen LogP contribution in [0.2, 0.25) is 0 Å². The van der Waals surface area contributed by atoms with E-state index < -0.39 is 0 Å². The number of anilines is 2. The van der Waals surface area contributed by atoms with E-state index in [0.29, 0.717) is 12.4 Å². The molecule has 0 bridgehead atoms. The van der Waals surface area contributed by atoms with E-state index in [1.807, 2.05) is 6.92 Å². The Morgan fingerprint density at radius 3 is 2.94 bits per heavy atom. The Morgan fingerprint density at radius 1 is 1.53 bits per heavy atom. The molecule has 96 valence electrons. The van der Waals surface area contributed by atoms with Gasteiger partial charge in [0.15, 0.2) is 0 Å². The maximum atomic E-state index is 8.86. The minimum atomic E-state index is 0.164. The molecule has 1 aromatic rings. The van der Waals surface area contributed by atoms with E-state index >= 15 is 0 Å². The van der Waals surface area contributed by atoms with E-state index in [4.69, 9.17) is 5.11 Å². The average Bonchev–Trinajstić information content (AvgIpc) is 2.30. The summed E-state index contributed by atoms with van der Waals surface area (Å²) in [6, 6.07) is 0.172. The number of aliphatic hydroxyl groups is 1. The number of nitrogens with one attached hydrogen (secondary N) is 2. The SMILES string of the molecule is CCCNc1ncc(Br)c(NC(C)CCO)n1. The zero-order valence-electron chi connectivity index (χ0n) is 10.2. The van der Waals surface area contributed by atoms with Gasteiger partial charge < -0.3 is 15.7 Å². The van der Waals surface area contributed by atoms with Gasteiger partial charge in [0.05, 0.1) is 4.47 Å². The first-order valence-electron chi connectivity index (χ1n) is 5.81. The molecule has 1 rings (SSSR count). The molecule has 1 heterocycles. The molecule has 0 aliphatic rings. The van der Waals surface area contributed by atoms with Crippen molar-refractivity contribution in [1.82, 2.24) is 9.97 Å². The van der Waals surface area contributed by atoms with Crippen LogP contribution in [0, 0.1) is 0 Å². The van der Waals surface area contributed by atoms with Gasteiger partial charge in [0, 0.05) is 25.4 Å². The molecule has 0 fully saturated rings. The van der Waals surface area contributed by atoms with Gasteiger partial charge in [0.25, 0.3) is 0 Å². The largest absolute Gasteiger partial charge is 0.396 e. The minimum Gasteiger partial charge on any atom is -0.396 e. The zero-order valence-corrected chi connectivity index (χ0v) is 11.8. The summed E-state index contributed by atoms with van der Waals surface area (Å²) in [4.78, 5) is 8.54. The van der Waals surface area contributed by atoms with E-state index in [-0.39, 0.29) is 12.6 Å². The van der Waals surface area contributed by atoms with Gasteiger partial charge in [-0.15, -0.1) is 0 Å². The van der Waals surface area contributed by atoms with Crippen LogP contribution in [-0.2, 0) is 0 Å². The zero-order chi connectivity index (χ0) is 12.7. The van der Waals surface area contributed by atoms with Crippen LogP contribution in [0.25, 0.3) is 0 Å². The molecule has 1 atom stereocenters. The third kappa shape index (κ3) is 4.87.